The first kappa shape index (κ1) is 18.6. The summed E-state index contributed by atoms with van der Waals surface area (Å²) >= 11 is 2.01. The van der Waals surface area contributed by atoms with Crippen molar-refractivity contribution >= 4 is 11.8 Å². The van der Waals surface area contributed by atoms with E-state index in [9.17, 15) is 0 Å². The van der Waals surface area contributed by atoms with Gasteiger partial charge in [0.1, 0.15) is 0 Å². The number of rotatable bonds is 12. The molecule has 0 saturated carbocycles. The van der Waals surface area contributed by atoms with Gasteiger partial charge in [-0.25, -0.2) is 0 Å². The Morgan fingerprint density at radius 2 is 1.76 bits per heavy atom. The zero-order valence-electron chi connectivity index (χ0n) is 14.2. The summed E-state index contributed by atoms with van der Waals surface area (Å²) in [7, 11) is 0. The van der Waals surface area contributed by atoms with Crippen molar-refractivity contribution in [3.63, 3.8) is 0 Å². The molecule has 0 aliphatic rings. The molecule has 0 fully saturated rings. The van der Waals surface area contributed by atoms with E-state index in [2.05, 4.69) is 50.4 Å². The second kappa shape index (κ2) is 12.1. The van der Waals surface area contributed by atoms with Gasteiger partial charge in [0.25, 0.3) is 0 Å². The molecule has 21 heavy (non-hydrogen) atoms. The van der Waals surface area contributed by atoms with Crippen molar-refractivity contribution < 1.29 is 0 Å². The smallest absolute Gasteiger partial charge is 0.0292 e. The molecule has 1 aromatic rings. The minimum atomic E-state index is 0.458. The van der Waals surface area contributed by atoms with Crippen LogP contribution in [0.5, 0.6) is 0 Å². The minimum absolute atomic E-state index is 0.458. The summed E-state index contributed by atoms with van der Waals surface area (Å²) in [6.45, 7) is 7.84. The molecule has 0 spiro atoms. The van der Waals surface area contributed by atoms with E-state index in [1.54, 1.807) is 0 Å². The van der Waals surface area contributed by atoms with Gasteiger partial charge in [-0.1, -0.05) is 58.1 Å². The van der Waals surface area contributed by atoms with Crippen LogP contribution in [0, 0.1) is 0 Å². The molecule has 0 amide bonds. The number of benzene rings is 1. The summed E-state index contributed by atoms with van der Waals surface area (Å²) in [5.41, 5.74) is 1.41. The van der Waals surface area contributed by atoms with Crippen LogP contribution in [0.4, 0.5) is 0 Å². The number of unbranched alkanes of at least 4 members (excludes halogenated alkanes) is 5. The van der Waals surface area contributed by atoms with Crippen LogP contribution in [-0.4, -0.2) is 12.3 Å². The highest BCUT2D eigenvalue weighted by atomic mass is 32.2. The van der Waals surface area contributed by atoms with Crippen molar-refractivity contribution in [2.75, 3.05) is 12.3 Å². The Bertz CT molecular complexity index is 364. The van der Waals surface area contributed by atoms with Crippen molar-refractivity contribution in [2.45, 2.75) is 76.7 Å². The van der Waals surface area contributed by atoms with E-state index in [-0.39, 0.29) is 0 Å². The molecule has 1 aromatic carbocycles. The highest BCUT2D eigenvalue weighted by molar-refractivity contribution is 7.99. The van der Waals surface area contributed by atoms with Crippen LogP contribution in [0.25, 0.3) is 0 Å². The van der Waals surface area contributed by atoms with E-state index in [4.69, 9.17) is 0 Å². The lowest BCUT2D eigenvalue weighted by molar-refractivity contribution is 0.570. The Morgan fingerprint density at radius 1 is 1.00 bits per heavy atom. The topological polar surface area (TPSA) is 12.0 Å². The van der Waals surface area contributed by atoms with Crippen molar-refractivity contribution in [1.29, 1.82) is 0 Å². The van der Waals surface area contributed by atoms with Crippen LogP contribution in [0.2, 0.25) is 0 Å². The maximum Gasteiger partial charge on any atom is 0.0292 e. The van der Waals surface area contributed by atoms with E-state index in [0.29, 0.717) is 6.04 Å². The molecule has 0 aromatic heterocycles. The summed E-state index contributed by atoms with van der Waals surface area (Å²) in [5, 5.41) is 3.56. The molecular weight excluding hydrogens is 274 g/mol. The molecular formula is C19H33NS. The first-order valence-corrected chi connectivity index (χ1v) is 9.72. The van der Waals surface area contributed by atoms with Crippen molar-refractivity contribution in [1.82, 2.24) is 5.32 Å². The Kier molecular flexibility index (Phi) is 10.7. The van der Waals surface area contributed by atoms with Gasteiger partial charge in [-0.05, 0) is 49.8 Å². The van der Waals surface area contributed by atoms with Gasteiger partial charge in [0.15, 0.2) is 0 Å². The third kappa shape index (κ3) is 8.53. The molecule has 1 atom stereocenters. The van der Waals surface area contributed by atoms with Crippen molar-refractivity contribution in [2.24, 2.45) is 0 Å². The quantitative estimate of drug-likeness (QED) is 0.364. The summed E-state index contributed by atoms with van der Waals surface area (Å²) in [5.74, 6) is 1.26. The summed E-state index contributed by atoms with van der Waals surface area (Å²) in [6, 6.07) is 9.50. The molecule has 0 aliphatic heterocycles. The lowest BCUT2D eigenvalue weighted by atomic mass is 10.1. The van der Waals surface area contributed by atoms with Gasteiger partial charge < -0.3 is 5.32 Å². The van der Waals surface area contributed by atoms with Crippen LogP contribution in [-0.2, 0) is 0 Å². The fourth-order valence-electron chi connectivity index (χ4n) is 2.42. The van der Waals surface area contributed by atoms with Crippen LogP contribution in [0.1, 0.15) is 77.3 Å². The Hall–Kier alpha value is -0.470. The van der Waals surface area contributed by atoms with Gasteiger partial charge in [-0.2, -0.15) is 0 Å². The highest BCUT2D eigenvalue weighted by Gasteiger charge is 2.04. The van der Waals surface area contributed by atoms with Crippen LogP contribution >= 0.6 is 11.8 Å². The number of nitrogens with one attached hydrogen (secondary N) is 1. The molecule has 2 heteroatoms. The fraction of sp³-hybridized carbons (Fsp3) is 0.684. The minimum Gasteiger partial charge on any atom is -0.310 e. The number of thioether (sulfide) groups is 1. The van der Waals surface area contributed by atoms with E-state index in [1.165, 1.54) is 61.2 Å². The number of hydrogen-bond donors (Lipinski definition) is 1. The van der Waals surface area contributed by atoms with Crippen molar-refractivity contribution in [3.8, 4) is 0 Å². The normalized spacial score (nSPS) is 12.5. The number of hydrogen-bond acceptors (Lipinski definition) is 2. The van der Waals surface area contributed by atoms with Gasteiger partial charge in [-0.3, -0.25) is 0 Å². The average molecular weight is 308 g/mol. The Labute approximate surface area is 136 Å². The molecule has 1 nitrogen and oxygen atoms in total. The van der Waals surface area contributed by atoms with E-state index in [1.807, 2.05) is 11.8 Å². The van der Waals surface area contributed by atoms with Gasteiger partial charge >= 0.3 is 0 Å². The first-order valence-electron chi connectivity index (χ1n) is 8.74. The van der Waals surface area contributed by atoms with Crippen LogP contribution in [0.15, 0.2) is 29.2 Å². The average Bonchev–Trinajstić information content (AvgIpc) is 2.52. The van der Waals surface area contributed by atoms with Crippen LogP contribution < -0.4 is 5.32 Å². The zero-order valence-corrected chi connectivity index (χ0v) is 15.0. The standard InChI is InChI=1S/C19H33NS/c1-4-6-7-8-9-10-15-21-19-13-11-12-18(16-19)17(3)20-14-5-2/h11-13,16-17,20H,4-10,14-15H2,1-3H3. The second-order valence-corrected chi connectivity index (χ2v) is 7.03. The third-order valence-electron chi connectivity index (χ3n) is 3.83. The molecule has 0 saturated heterocycles. The van der Waals surface area contributed by atoms with Gasteiger partial charge in [0, 0.05) is 10.9 Å². The second-order valence-electron chi connectivity index (χ2n) is 5.86. The molecule has 0 heterocycles. The largest absolute Gasteiger partial charge is 0.310 e. The lowest BCUT2D eigenvalue weighted by Crippen LogP contribution is -2.19. The zero-order chi connectivity index (χ0) is 15.3. The van der Waals surface area contributed by atoms with Gasteiger partial charge in [0.05, 0.1) is 0 Å². The summed E-state index contributed by atoms with van der Waals surface area (Å²) in [4.78, 5) is 1.42. The van der Waals surface area contributed by atoms with E-state index < -0.39 is 0 Å². The molecule has 0 aliphatic carbocycles. The van der Waals surface area contributed by atoms with Gasteiger partial charge in [0.2, 0.25) is 0 Å². The van der Waals surface area contributed by atoms with Crippen LogP contribution in [0.3, 0.4) is 0 Å². The fourth-order valence-corrected chi connectivity index (χ4v) is 3.40. The van der Waals surface area contributed by atoms with E-state index in [0.717, 1.165) is 6.54 Å². The summed E-state index contributed by atoms with van der Waals surface area (Å²) < 4.78 is 0. The molecule has 120 valence electrons. The van der Waals surface area contributed by atoms with Gasteiger partial charge in [-0.15, -0.1) is 11.8 Å². The Balaban J connectivity index is 2.26. The molecule has 0 bridgehead atoms. The lowest BCUT2D eigenvalue weighted by Gasteiger charge is -2.14. The predicted octanol–water partition coefficient (Wildman–Crippen LogP) is 6.20. The Morgan fingerprint density at radius 3 is 2.52 bits per heavy atom. The molecule has 1 rings (SSSR count). The monoisotopic (exact) mass is 307 g/mol. The SMILES string of the molecule is CCCCCCCCSc1cccc(C(C)NCCC)c1. The van der Waals surface area contributed by atoms with Crippen molar-refractivity contribution in [3.05, 3.63) is 29.8 Å². The first-order chi connectivity index (χ1) is 10.3. The molecule has 1 unspecified atom stereocenters. The predicted molar refractivity (Wildman–Crippen MR) is 97.3 cm³/mol. The maximum absolute atomic E-state index is 3.56. The maximum atomic E-state index is 3.56. The summed E-state index contributed by atoms with van der Waals surface area (Å²) in [6.07, 6.45) is 9.49. The third-order valence-corrected chi connectivity index (χ3v) is 4.91. The highest BCUT2D eigenvalue weighted by Crippen LogP contribution is 2.23. The molecule has 1 N–H and O–H groups in total. The molecule has 0 radical (unpaired) electrons. The van der Waals surface area contributed by atoms with E-state index >= 15 is 0 Å².